The fourth-order valence-corrected chi connectivity index (χ4v) is 4.21. The normalized spacial score (nSPS) is 26.0. The van der Waals surface area contributed by atoms with Crippen molar-refractivity contribution in [3.8, 4) is 0 Å². The molecule has 7 heteroatoms. The van der Waals surface area contributed by atoms with Gasteiger partial charge in [-0.1, -0.05) is 11.8 Å². The van der Waals surface area contributed by atoms with Crippen LogP contribution in [0.2, 0.25) is 0 Å². The van der Waals surface area contributed by atoms with Gasteiger partial charge in [0.05, 0.1) is 10.6 Å². The number of hydrogen-bond donors (Lipinski definition) is 3. The van der Waals surface area contributed by atoms with E-state index in [-0.39, 0.29) is 12.1 Å². The number of rotatable bonds is 3. The predicted octanol–water partition coefficient (Wildman–Crippen LogP) is 0.791. The second-order valence-electron chi connectivity index (χ2n) is 6.16. The van der Waals surface area contributed by atoms with E-state index in [0.29, 0.717) is 11.7 Å². The first-order valence-electron chi connectivity index (χ1n) is 7.60. The summed E-state index contributed by atoms with van der Waals surface area (Å²) in [6.45, 7) is 6.62. The summed E-state index contributed by atoms with van der Waals surface area (Å²) in [5, 5.41) is 12.3. The Morgan fingerprint density at radius 2 is 2.18 bits per heavy atom. The molecule has 2 fully saturated rings. The van der Waals surface area contributed by atoms with Crippen molar-refractivity contribution in [2.24, 2.45) is 10.7 Å². The Morgan fingerprint density at radius 1 is 1.50 bits per heavy atom. The quantitative estimate of drug-likeness (QED) is 0.716. The van der Waals surface area contributed by atoms with Gasteiger partial charge in [-0.3, -0.25) is 10.4 Å². The van der Waals surface area contributed by atoms with Crippen molar-refractivity contribution >= 4 is 22.5 Å². The molecule has 6 nitrogen and oxygen atoms in total. The number of nitrogens with two attached hydrogens (primary N) is 1. The Balaban J connectivity index is 2.03. The van der Waals surface area contributed by atoms with Gasteiger partial charge in [-0.05, 0) is 26.5 Å². The number of hydrogen-bond acceptors (Lipinski definition) is 7. The SMILES string of the molecule is CNC(C)/C(C)=C1\C(=N)SC2=C(N3CC(N)C3)N(C)CN=C21. The zero-order chi connectivity index (χ0) is 16.0. The Bertz CT molecular complexity index is 599. The van der Waals surface area contributed by atoms with E-state index in [0.717, 1.165) is 29.3 Å². The van der Waals surface area contributed by atoms with E-state index < -0.39 is 0 Å². The second kappa shape index (κ2) is 5.72. The molecule has 0 saturated carbocycles. The van der Waals surface area contributed by atoms with Crippen molar-refractivity contribution in [2.45, 2.75) is 25.9 Å². The van der Waals surface area contributed by atoms with Crippen molar-refractivity contribution in [2.75, 3.05) is 33.9 Å². The summed E-state index contributed by atoms with van der Waals surface area (Å²) < 4.78 is 0. The van der Waals surface area contributed by atoms with Crippen LogP contribution >= 0.6 is 11.8 Å². The molecule has 3 heterocycles. The molecule has 1 atom stereocenters. The predicted molar refractivity (Wildman–Crippen MR) is 93.2 cm³/mol. The van der Waals surface area contributed by atoms with Crippen LogP contribution in [0.3, 0.4) is 0 Å². The fraction of sp³-hybridized carbons (Fsp3) is 0.600. The van der Waals surface area contributed by atoms with Crippen LogP contribution in [0.5, 0.6) is 0 Å². The molecule has 0 bridgehead atoms. The monoisotopic (exact) mass is 320 g/mol. The molecule has 0 aromatic carbocycles. The van der Waals surface area contributed by atoms with Crippen LogP contribution in [0.15, 0.2) is 26.9 Å². The first-order chi connectivity index (χ1) is 10.4. The summed E-state index contributed by atoms with van der Waals surface area (Å²) in [6, 6.07) is 0.495. The summed E-state index contributed by atoms with van der Waals surface area (Å²) in [5.74, 6) is 1.18. The standard InChI is InChI=1S/C15H24N6S/c1-8(9(2)18-3)11-12-13(22-14(11)17)15(20(4)7-19-12)21-5-10(16)6-21/h9-10,17-18H,5-7,16H2,1-4H3/b11-8-,17-14?. The van der Waals surface area contributed by atoms with Gasteiger partial charge < -0.3 is 20.9 Å². The molecule has 2 saturated heterocycles. The number of thioether (sulfide) groups is 1. The third kappa shape index (κ3) is 2.37. The lowest BCUT2D eigenvalue weighted by Crippen LogP contribution is -2.57. The molecule has 0 spiro atoms. The van der Waals surface area contributed by atoms with Crippen molar-refractivity contribution in [3.05, 3.63) is 21.9 Å². The first-order valence-corrected chi connectivity index (χ1v) is 8.41. The van der Waals surface area contributed by atoms with Crippen LogP contribution in [-0.4, -0.2) is 66.5 Å². The van der Waals surface area contributed by atoms with Crippen LogP contribution < -0.4 is 11.1 Å². The third-order valence-electron chi connectivity index (χ3n) is 4.57. The average Bonchev–Trinajstić information content (AvgIpc) is 2.79. The highest BCUT2D eigenvalue weighted by molar-refractivity contribution is 8.19. The Hall–Kier alpha value is -1.31. The minimum absolute atomic E-state index is 0.235. The van der Waals surface area contributed by atoms with Gasteiger partial charge in [0, 0.05) is 37.8 Å². The van der Waals surface area contributed by atoms with Crippen LogP contribution in [-0.2, 0) is 0 Å². The number of fused-ring (bicyclic) bond motifs is 1. The van der Waals surface area contributed by atoms with E-state index >= 15 is 0 Å². The molecule has 3 aliphatic heterocycles. The molecule has 0 radical (unpaired) electrons. The highest BCUT2D eigenvalue weighted by Crippen LogP contribution is 2.42. The Labute approximate surface area is 136 Å². The van der Waals surface area contributed by atoms with Gasteiger partial charge in [0.2, 0.25) is 0 Å². The van der Waals surface area contributed by atoms with E-state index in [1.165, 1.54) is 23.2 Å². The number of nitrogens with one attached hydrogen (secondary N) is 2. The zero-order valence-electron chi connectivity index (χ0n) is 13.6. The largest absolute Gasteiger partial charge is 0.354 e. The third-order valence-corrected chi connectivity index (χ3v) is 5.56. The molecule has 3 rings (SSSR count). The van der Waals surface area contributed by atoms with Crippen molar-refractivity contribution < 1.29 is 0 Å². The number of allylic oxidation sites excluding steroid dienone is 1. The van der Waals surface area contributed by atoms with Gasteiger partial charge in [-0.2, -0.15) is 0 Å². The molecular formula is C15H24N6S. The molecule has 0 amide bonds. The van der Waals surface area contributed by atoms with E-state index in [9.17, 15) is 0 Å². The zero-order valence-corrected chi connectivity index (χ0v) is 14.4. The van der Waals surface area contributed by atoms with Crippen LogP contribution in [0.1, 0.15) is 13.8 Å². The van der Waals surface area contributed by atoms with Gasteiger partial charge in [0.25, 0.3) is 0 Å². The number of likely N-dealkylation sites (N-methyl/N-ethyl adjacent to an activating group) is 1. The van der Waals surface area contributed by atoms with Gasteiger partial charge in [-0.15, -0.1) is 0 Å². The maximum absolute atomic E-state index is 8.41. The summed E-state index contributed by atoms with van der Waals surface area (Å²) in [4.78, 5) is 10.3. The average molecular weight is 320 g/mol. The maximum Gasteiger partial charge on any atom is 0.122 e. The number of aliphatic imine (C=N–C) groups is 1. The molecule has 120 valence electrons. The Kier molecular flexibility index (Phi) is 4.05. The lowest BCUT2D eigenvalue weighted by atomic mass is 9.99. The molecule has 0 aliphatic carbocycles. The molecule has 0 aromatic heterocycles. The maximum atomic E-state index is 8.41. The van der Waals surface area contributed by atoms with Crippen molar-refractivity contribution in [1.29, 1.82) is 5.41 Å². The fourth-order valence-electron chi connectivity index (χ4n) is 3.01. The number of nitrogens with zero attached hydrogens (tertiary/aromatic N) is 3. The molecule has 4 N–H and O–H groups in total. The molecular weight excluding hydrogens is 296 g/mol. The van der Waals surface area contributed by atoms with Crippen molar-refractivity contribution in [1.82, 2.24) is 15.1 Å². The van der Waals surface area contributed by atoms with E-state index in [1.54, 1.807) is 0 Å². The first kappa shape index (κ1) is 15.6. The summed E-state index contributed by atoms with van der Waals surface area (Å²) >= 11 is 1.53. The molecule has 3 aliphatic rings. The Morgan fingerprint density at radius 3 is 2.77 bits per heavy atom. The van der Waals surface area contributed by atoms with Gasteiger partial charge in [0.1, 0.15) is 17.5 Å². The van der Waals surface area contributed by atoms with E-state index in [4.69, 9.17) is 16.1 Å². The minimum atomic E-state index is 0.235. The smallest absolute Gasteiger partial charge is 0.122 e. The van der Waals surface area contributed by atoms with Crippen LogP contribution in [0.25, 0.3) is 0 Å². The lowest BCUT2D eigenvalue weighted by molar-refractivity contribution is 0.143. The van der Waals surface area contributed by atoms with Gasteiger partial charge in [-0.25, -0.2) is 0 Å². The van der Waals surface area contributed by atoms with E-state index in [1.807, 2.05) is 7.05 Å². The summed E-state index contributed by atoms with van der Waals surface area (Å²) in [6.07, 6.45) is 0. The molecule has 22 heavy (non-hydrogen) atoms. The van der Waals surface area contributed by atoms with E-state index in [2.05, 4.69) is 36.0 Å². The highest BCUT2D eigenvalue weighted by Gasteiger charge is 2.39. The van der Waals surface area contributed by atoms with Gasteiger partial charge in [0.15, 0.2) is 0 Å². The highest BCUT2D eigenvalue weighted by atomic mass is 32.2. The molecule has 0 aromatic rings. The van der Waals surface area contributed by atoms with Crippen LogP contribution in [0, 0.1) is 5.41 Å². The van der Waals surface area contributed by atoms with Crippen LogP contribution in [0.4, 0.5) is 0 Å². The topological polar surface area (TPSA) is 80.7 Å². The van der Waals surface area contributed by atoms with Gasteiger partial charge >= 0.3 is 0 Å². The molecule has 1 unspecified atom stereocenters. The minimum Gasteiger partial charge on any atom is -0.354 e. The second-order valence-corrected chi connectivity index (χ2v) is 7.18. The number of likely N-dealkylation sites (tertiary alicyclic amines) is 1. The van der Waals surface area contributed by atoms with Crippen molar-refractivity contribution in [3.63, 3.8) is 0 Å². The lowest BCUT2D eigenvalue weighted by Gasteiger charge is -2.44. The summed E-state index contributed by atoms with van der Waals surface area (Å²) in [5.41, 5.74) is 9.10. The summed E-state index contributed by atoms with van der Waals surface area (Å²) in [7, 11) is 4.00.